The van der Waals surface area contributed by atoms with Crippen LogP contribution in [0.4, 0.5) is 4.39 Å². The fraction of sp³-hybridized carbons (Fsp3) is 0.467. The van der Waals surface area contributed by atoms with Crippen LogP contribution in [0.1, 0.15) is 44.2 Å². The summed E-state index contributed by atoms with van der Waals surface area (Å²) in [5, 5.41) is 2.79. The van der Waals surface area contributed by atoms with Gasteiger partial charge in [-0.1, -0.05) is 25.5 Å². The molecular formula is C15H20FNO3. The molecule has 0 bridgehead atoms. The fourth-order valence-corrected chi connectivity index (χ4v) is 1.80. The predicted molar refractivity (Wildman–Crippen MR) is 73.4 cm³/mol. The van der Waals surface area contributed by atoms with E-state index in [4.69, 9.17) is 0 Å². The van der Waals surface area contributed by atoms with Crippen molar-refractivity contribution in [3.05, 3.63) is 35.6 Å². The quantitative estimate of drug-likeness (QED) is 0.782. The smallest absolute Gasteiger partial charge is 0.307 e. The first-order chi connectivity index (χ1) is 9.56. The van der Waals surface area contributed by atoms with Gasteiger partial charge in [-0.15, -0.1) is 0 Å². The Balaban J connectivity index is 2.76. The number of amides is 1. The van der Waals surface area contributed by atoms with E-state index < -0.39 is 12.0 Å². The third-order valence-electron chi connectivity index (χ3n) is 2.96. The summed E-state index contributed by atoms with van der Waals surface area (Å²) in [7, 11) is 1.29. The van der Waals surface area contributed by atoms with Crippen molar-refractivity contribution >= 4 is 11.9 Å². The van der Waals surface area contributed by atoms with Crippen LogP contribution in [0.2, 0.25) is 0 Å². The lowest BCUT2D eigenvalue weighted by atomic mass is 10.0. The molecule has 0 aliphatic heterocycles. The van der Waals surface area contributed by atoms with Gasteiger partial charge in [-0.25, -0.2) is 4.39 Å². The Labute approximate surface area is 118 Å². The van der Waals surface area contributed by atoms with Crippen LogP contribution in [-0.2, 0) is 14.3 Å². The van der Waals surface area contributed by atoms with Gasteiger partial charge < -0.3 is 10.1 Å². The highest BCUT2D eigenvalue weighted by atomic mass is 19.1. The minimum Gasteiger partial charge on any atom is -0.469 e. The molecule has 0 unspecified atom stereocenters. The van der Waals surface area contributed by atoms with Gasteiger partial charge in [0.1, 0.15) is 5.82 Å². The number of esters is 1. The van der Waals surface area contributed by atoms with Gasteiger partial charge in [-0.3, -0.25) is 9.59 Å². The molecule has 1 N–H and O–H groups in total. The lowest BCUT2D eigenvalue weighted by Crippen LogP contribution is -2.30. The number of benzene rings is 1. The van der Waals surface area contributed by atoms with E-state index in [0.29, 0.717) is 12.0 Å². The predicted octanol–water partition coefficient (Wildman–Crippen LogP) is 2.74. The Morgan fingerprint density at radius 2 is 1.95 bits per heavy atom. The Bertz CT molecular complexity index is 445. The maximum Gasteiger partial charge on any atom is 0.307 e. The second kappa shape index (κ2) is 8.30. The third-order valence-corrected chi connectivity index (χ3v) is 2.96. The van der Waals surface area contributed by atoms with Gasteiger partial charge in [0.2, 0.25) is 5.91 Å². The molecule has 1 rings (SSSR count). The van der Waals surface area contributed by atoms with Crippen molar-refractivity contribution in [1.82, 2.24) is 5.32 Å². The maximum atomic E-state index is 12.9. The van der Waals surface area contributed by atoms with Crippen molar-refractivity contribution in [3.8, 4) is 0 Å². The average Bonchev–Trinajstić information content (AvgIpc) is 2.45. The number of carbonyl (C=O) groups excluding carboxylic acids is 2. The van der Waals surface area contributed by atoms with Crippen LogP contribution in [0.15, 0.2) is 24.3 Å². The molecule has 4 nitrogen and oxygen atoms in total. The maximum absolute atomic E-state index is 12.9. The van der Waals surface area contributed by atoms with Crippen LogP contribution in [0, 0.1) is 5.82 Å². The molecule has 110 valence electrons. The molecule has 0 saturated carbocycles. The molecule has 0 heterocycles. The summed E-state index contributed by atoms with van der Waals surface area (Å²) in [6.45, 7) is 2.00. The number of hydrogen-bond donors (Lipinski definition) is 1. The van der Waals surface area contributed by atoms with Crippen LogP contribution in [0.3, 0.4) is 0 Å². The number of rotatable bonds is 7. The number of methoxy groups -OCH3 is 1. The lowest BCUT2D eigenvalue weighted by molar-refractivity contribution is -0.141. The van der Waals surface area contributed by atoms with Crippen molar-refractivity contribution < 1.29 is 18.7 Å². The van der Waals surface area contributed by atoms with E-state index in [1.54, 1.807) is 12.1 Å². The van der Waals surface area contributed by atoms with Crippen molar-refractivity contribution in [3.63, 3.8) is 0 Å². The molecule has 0 aliphatic rings. The van der Waals surface area contributed by atoms with Gasteiger partial charge in [0.05, 0.1) is 19.6 Å². The van der Waals surface area contributed by atoms with Crippen LogP contribution in [0.5, 0.6) is 0 Å². The summed E-state index contributed by atoms with van der Waals surface area (Å²) >= 11 is 0. The van der Waals surface area contributed by atoms with E-state index in [2.05, 4.69) is 10.1 Å². The Kier molecular flexibility index (Phi) is 6.70. The molecule has 1 atom stereocenters. The van der Waals surface area contributed by atoms with Crippen LogP contribution in [0.25, 0.3) is 0 Å². The zero-order valence-corrected chi connectivity index (χ0v) is 11.8. The Morgan fingerprint density at radius 1 is 1.30 bits per heavy atom. The summed E-state index contributed by atoms with van der Waals surface area (Å²) in [5.41, 5.74) is 0.682. The van der Waals surface area contributed by atoms with Crippen molar-refractivity contribution in [1.29, 1.82) is 0 Å². The van der Waals surface area contributed by atoms with Crippen LogP contribution in [-0.4, -0.2) is 19.0 Å². The Hall–Kier alpha value is -1.91. The van der Waals surface area contributed by atoms with E-state index in [0.717, 1.165) is 12.8 Å². The van der Waals surface area contributed by atoms with E-state index in [9.17, 15) is 14.0 Å². The van der Waals surface area contributed by atoms with Gasteiger partial charge in [0.25, 0.3) is 0 Å². The van der Waals surface area contributed by atoms with Gasteiger partial charge in [-0.2, -0.15) is 0 Å². The molecule has 0 aliphatic carbocycles. The van der Waals surface area contributed by atoms with Crippen LogP contribution >= 0.6 is 0 Å². The SMILES string of the molecule is CCCCC(=O)N[C@@H](CC(=O)OC)c1ccc(F)cc1. The number of ether oxygens (including phenoxy) is 1. The normalized spacial score (nSPS) is 11.8. The van der Waals surface area contributed by atoms with E-state index in [1.807, 2.05) is 6.92 Å². The van der Waals surface area contributed by atoms with Gasteiger partial charge in [-0.05, 0) is 24.1 Å². The van der Waals surface area contributed by atoms with Crippen molar-refractivity contribution in [2.75, 3.05) is 7.11 Å². The molecular weight excluding hydrogens is 261 g/mol. The molecule has 20 heavy (non-hydrogen) atoms. The fourth-order valence-electron chi connectivity index (χ4n) is 1.80. The first-order valence-corrected chi connectivity index (χ1v) is 6.68. The van der Waals surface area contributed by atoms with Crippen molar-refractivity contribution in [2.24, 2.45) is 0 Å². The number of halogens is 1. The number of carbonyl (C=O) groups is 2. The highest BCUT2D eigenvalue weighted by Gasteiger charge is 2.18. The minimum atomic E-state index is -0.493. The number of nitrogens with one attached hydrogen (secondary N) is 1. The summed E-state index contributed by atoms with van der Waals surface area (Å²) in [6, 6.07) is 5.23. The third kappa shape index (κ3) is 5.38. The van der Waals surface area contributed by atoms with Gasteiger partial charge in [0.15, 0.2) is 0 Å². The molecule has 0 fully saturated rings. The molecule has 0 aromatic heterocycles. The first kappa shape index (κ1) is 16.1. The summed E-state index contributed by atoms with van der Waals surface area (Å²) in [5.74, 6) is -0.900. The minimum absolute atomic E-state index is 0.0278. The van der Waals surface area contributed by atoms with E-state index in [-0.39, 0.29) is 18.1 Å². The van der Waals surface area contributed by atoms with Crippen molar-refractivity contribution in [2.45, 2.75) is 38.6 Å². The molecule has 0 radical (unpaired) electrons. The standard InChI is InChI=1S/C15H20FNO3/c1-3-4-5-14(18)17-13(10-15(19)20-2)11-6-8-12(16)9-7-11/h6-9,13H,3-5,10H2,1-2H3,(H,17,18)/t13-/m0/s1. The molecule has 1 aromatic carbocycles. The van der Waals surface area contributed by atoms with Gasteiger partial charge in [0, 0.05) is 6.42 Å². The number of unbranched alkanes of at least 4 members (excludes halogenated alkanes) is 1. The Morgan fingerprint density at radius 3 is 2.50 bits per heavy atom. The van der Waals surface area contributed by atoms with Gasteiger partial charge >= 0.3 is 5.97 Å². The highest BCUT2D eigenvalue weighted by Crippen LogP contribution is 2.18. The topological polar surface area (TPSA) is 55.4 Å². The summed E-state index contributed by atoms with van der Waals surface area (Å²) in [4.78, 5) is 23.2. The lowest BCUT2D eigenvalue weighted by Gasteiger charge is -2.18. The molecule has 1 aromatic rings. The molecule has 1 amide bonds. The summed E-state index contributed by atoms with van der Waals surface area (Å²) < 4.78 is 17.6. The largest absolute Gasteiger partial charge is 0.469 e. The highest BCUT2D eigenvalue weighted by molar-refractivity contribution is 5.78. The zero-order valence-electron chi connectivity index (χ0n) is 11.8. The average molecular weight is 281 g/mol. The van der Waals surface area contributed by atoms with Crippen LogP contribution < -0.4 is 5.32 Å². The second-order valence-corrected chi connectivity index (χ2v) is 4.56. The van der Waals surface area contributed by atoms with E-state index in [1.165, 1.54) is 19.2 Å². The molecule has 0 saturated heterocycles. The monoisotopic (exact) mass is 281 g/mol. The molecule has 5 heteroatoms. The molecule has 0 spiro atoms. The second-order valence-electron chi connectivity index (χ2n) is 4.56. The van der Waals surface area contributed by atoms with E-state index >= 15 is 0 Å². The first-order valence-electron chi connectivity index (χ1n) is 6.68. The number of hydrogen-bond acceptors (Lipinski definition) is 3. The zero-order chi connectivity index (χ0) is 15.0. The summed E-state index contributed by atoms with van der Waals surface area (Å²) in [6.07, 6.45) is 2.15.